The lowest BCUT2D eigenvalue weighted by atomic mass is 9.90. The molecule has 1 saturated carbocycles. The van der Waals surface area contributed by atoms with E-state index in [9.17, 15) is 4.79 Å². The maximum absolute atomic E-state index is 11.4. The van der Waals surface area contributed by atoms with Crippen LogP contribution in [0.2, 0.25) is 5.02 Å². The Hall–Kier alpha value is -1.10. The molecule has 18 heavy (non-hydrogen) atoms. The first-order valence-corrected chi connectivity index (χ1v) is 6.14. The van der Waals surface area contributed by atoms with Gasteiger partial charge < -0.3 is 14.2 Å². The van der Waals surface area contributed by atoms with Crippen molar-refractivity contribution in [1.29, 1.82) is 0 Å². The number of carbonyl (C=O) groups is 1. The maximum atomic E-state index is 11.4. The molecular weight excluding hydrogens is 256 g/mol. The summed E-state index contributed by atoms with van der Waals surface area (Å²) in [4.78, 5) is 11.4. The van der Waals surface area contributed by atoms with Crippen molar-refractivity contribution in [3.8, 4) is 5.75 Å². The Bertz CT molecular complexity index is 421. The van der Waals surface area contributed by atoms with Crippen molar-refractivity contribution in [3.05, 3.63) is 29.3 Å². The van der Waals surface area contributed by atoms with E-state index in [1.54, 1.807) is 31.4 Å². The van der Waals surface area contributed by atoms with Crippen LogP contribution >= 0.6 is 11.6 Å². The zero-order valence-electron chi connectivity index (χ0n) is 10.1. The van der Waals surface area contributed by atoms with E-state index in [1.165, 1.54) is 0 Å². The van der Waals surface area contributed by atoms with Crippen LogP contribution in [0.3, 0.4) is 0 Å². The fourth-order valence-electron chi connectivity index (χ4n) is 1.75. The monoisotopic (exact) mass is 270 g/mol. The van der Waals surface area contributed by atoms with E-state index in [4.69, 9.17) is 25.8 Å². The Morgan fingerprint density at radius 2 is 2.22 bits per heavy atom. The van der Waals surface area contributed by atoms with Crippen LogP contribution in [0.15, 0.2) is 24.3 Å². The number of carbonyl (C=O) groups excluding carboxylic acids is 1. The van der Waals surface area contributed by atoms with Gasteiger partial charge in [-0.25, -0.2) is 0 Å². The van der Waals surface area contributed by atoms with Gasteiger partial charge in [0, 0.05) is 18.6 Å². The standard InChI is InChI=1S/C13H15ClO4/c1-16-5-6-17-13-11(15)8-12(13)18-10-4-2-3-9(14)7-10/h2-4,7,12-13H,5-6,8H2,1H3. The van der Waals surface area contributed by atoms with Gasteiger partial charge in [0.25, 0.3) is 0 Å². The van der Waals surface area contributed by atoms with Gasteiger partial charge >= 0.3 is 0 Å². The van der Waals surface area contributed by atoms with Crippen LogP contribution in [0.25, 0.3) is 0 Å². The average molecular weight is 271 g/mol. The zero-order valence-corrected chi connectivity index (χ0v) is 10.9. The van der Waals surface area contributed by atoms with Crippen LogP contribution in [0, 0.1) is 0 Å². The van der Waals surface area contributed by atoms with Gasteiger partial charge in [0.1, 0.15) is 11.9 Å². The van der Waals surface area contributed by atoms with Gasteiger partial charge in [0.2, 0.25) is 0 Å². The Balaban J connectivity index is 1.87. The van der Waals surface area contributed by atoms with Crippen LogP contribution in [0.1, 0.15) is 6.42 Å². The predicted molar refractivity (Wildman–Crippen MR) is 67.1 cm³/mol. The summed E-state index contributed by atoms with van der Waals surface area (Å²) in [6, 6.07) is 7.10. The first-order chi connectivity index (χ1) is 8.70. The number of ether oxygens (including phenoxy) is 3. The molecule has 98 valence electrons. The second-order valence-electron chi connectivity index (χ2n) is 4.07. The van der Waals surface area contributed by atoms with E-state index in [0.29, 0.717) is 30.4 Å². The highest BCUT2D eigenvalue weighted by molar-refractivity contribution is 6.30. The van der Waals surface area contributed by atoms with Crippen molar-refractivity contribution < 1.29 is 19.0 Å². The first kappa shape index (κ1) is 13.3. The van der Waals surface area contributed by atoms with Crippen molar-refractivity contribution in [2.45, 2.75) is 18.6 Å². The molecular formula is C13H15ClO4. The summed E-state index contributed by atoms with van der Waals surface area (Å²) in [5.74, 6) is 0.721. The van der Waals surface area contributed by atoms with E-state index < -0.39 is 6.10 Å². The third-order valence-electron chi connectivity index (χ3n) is 2.73. The average Bonchev–Trinajstić information content (AvgIpc) is 2.34. The second-order valence-corrected chi connectivity index (χ2v) is 4.50. The largest absolute Gasteiger partial charge is 0.487 e. The number of Topliss-reactive ketones (excluding diaryl/α,β-unsaturated/α-hetero) is 1. The highest BCUT2D eigenvalue weighted by Gasteiger charge is 2.42. The minimum atomic E-state index is -0.487. The van der Waals surface area contributed by atoms with Gasteiger partial charge in [-0.1, -0.05) is 17.7 Å². The van der Waals surface area contributed by atoms with E-state index in [2.05, 4.69) is 0 Å². The van der Waals surface area contributed by atoms with Gasteiger partial charge in [-0.2, -0.15) is 0 Å². The molecule has 0 saturated heterocycles. The zero-order chi connectivity index (χ0) is 13.0. The number of hydrogen-bond acceptors (Lipinski definition) is 4. The smallest absolute Gasteiger partial charge is 0.169 e. The predicted octanol–water partition coefficient (Wildman–Crippen LogP) is 2.09. The molecule has 5 heteroatoms. The van der Waals surface area contributed by atoms with Crippen LogP contribution < -0.4 is 4.74 Å². The van der Waals surface area contributed by atoms with Crippen molar-refractivity contribution in [1.82, 2.24) is 0 Å². The SMILES string of the molecule is COCCOC1C(=O)CC1Oc1cccc(Cl)c1. The molecule has 0 aliphatic heterocycles. The van der Waals surface area contributed by atoms with Crippen LogP contribution in [0.5, 0.6) is 5.75 Å². The third-order valence-corrected chi connectivity index (χ3v) is 2.96. The van der Waals surface area contributed by atoms with Gasteiger partial charge in [0.05, 0.1) is 13.2 Å². The molecule has 0 spiro atoms. The van der Waals surface area contributed by atoms with E-state index in [1.807, 2.05) is 0 Å². The molecule has 4 nitrogen and oxygen atoms in total. The Morgan fingerprint density at radius 1 is 1.39 bits per heavy atom. The summed E-state index contributed by atoms with van der Waals surface area (Å²) in [6.07, 6.45) is -0.337. The number of hydrogen-bond donors (Lipinski definition) is 0. The number of halogens is 1. The minimum Gasteiger partial charge on any atom is -0.487 e. The molecule has 0 N–H and O–H groups in total. The van der Waals surface area contributed by atoms with Gasteiger partial charge in [0.15, 0.2) is 11.9 Å². The summed E-state index contributed by atoms with van der Waals surface area (Å²) in [6.45, 7) is 0.857. The fourth-order valence-corrected chi connectivity index (χ4v) is 1.93. The molecule has 0 amide bonds. The van der Waals surface area contributed by atoms with Gasteiger partial charge in [-0.15, -0.1) is 0 Å². The highest BCUT2D eigenvalue weighted by atomic mass is 35.5. The normalized spacial score (nSPS) is 22.7. The Labute approximate surface area is 111 Å². The topological polar surface area (TPSA) is 44.8 Å². The number of methoxy groups -OCH3 is 1. The summed E-state index contributed by atoms with van der Waals surface area (Å²) in [5, 5.41) is 0.606. The highest BCUT2D eigenvalue weighted by Crippen LogP contribution is 2.27. The molecule has 0 aromatic heterocycles. The lowest BCUT2D eigenvalue weighted by molar-refractivity contribution is -0.156. The number of benzene rings is 1. The molecule has 0 bridgehead atoms. The quantitative estimate of drug-likeness (QED) is 0.743. The molecule has 1 fully saturated rings. The number of ketones is 1. The molecule has 0 heterocycles. The van der Waals surface area contributed by atoms with Crippen LogP contribution in [-0.4, -0.2) is 38.3 Å². The molecule has 1 aliphatic carbocycles. The summed E-state index contributed by atoms with van der Waals surface area (Å²) >= 11 is 5.86. The molecule has 2 atom stereocenters. The number of rotatable bonds is 6. The summed E-state index contributed by atoms with van der Waals surface area (Å²) < 4.78 is 16.0. The van der Waals surface area contributed by atoms with E-state index >= 15 is 0 Å². The maximum Gasteiger partial charge on any atom is 0.169 e. The Kier molecular flexibility index (Phi) is 4.58. The Morgan fingerprint density at radius 3 is 2.89 bits per heavy atom. The van der Waals surface area contributed by atoms with E-state index in [0.717, 1.165) is 0 Å². The van der Waals surface area contributed by atoms with Crippen molar-refractivity contribution in [2.75, 3.05) is 20.3 Å². The first-order valence-electron chi connectivity index (χ1n) is 5.76. The van der Waals surface area contributed by atoms with Gasteiger partial charge in [-0.3, -0.25) is 4.79 Å². The third kappa shape index (κ3) is 3.22. The second kappa shape index (κ2) is 6.18. The molecule has 1 aromatic carbocycles. The van der Waals surface area contributed by atoms with Crippen molar-refractivity contribution >= 4 is 17.4 Å². The fraction of sp³-hybridized carbons (Fsp3) is 0.462. The van der Waals surface area contributed by atoms with Crippen LogP contribution in [0.4, 0.5) is 0 Å². The van der Waals surface area contributed by atoms with Crippen molar-refractivity contribution in [2.24, 2.45) is 0 Å². The molecule has 0 radical (unpaired) electrons. The summed E-state index contributed by atoms with van der Waals surface area (Å²) in [7, 11) is 1.59. The molecule has 2 unspecified atom stereocenters. The molecule has 1 aliphatic rings. The molecule has 1 aromatic rings. The van der Waals surface area contributed by atoms with Crippen molar-refractivity contribution in [3.63, 3.8) is 0 Å². The molecule has 2 rings (SSSR count). The van der Waals surface area contributed by atoms with Crippen LogP contribution in [-0.2, 0) is 14.3 Å². The lowest BCUT2D eigenvalue weighted by Gasteiger charge is -2.34. The van der Waals surface area contributed by atoms with Gasteiger partial charge in [-0.05, 0) is 18.2 Å². The minimum absolute atomic E-state index is 0.0677. The van der Waals surface area contributed by atoms with E-state index in [-0.39, 0.29) is 11.9 Å². The lowest BCUT2D eigenvalue weighted by Crippen LogP contribution is -2.52. The summed E-state index contributed by atoms with van der Waals surface area (Å²) in [5.41, 5.74) is 0.